The van der Waals surface area contributed by atoms with Gasteiger partial charge in [0.05, 0.1) is 0 Å². The van der Waals surface area contributed by atoms with Gasteiger partial charge >= 0.3 is 0 Å². The van der Waals surface area contributed by atoms with Crippen LogP contribution in [0.1, 0.15) is 72.1 Å². The molecule has 0 aliphatic carbocycles. The van der Waals surface area contributed by atoms with Crippen molar-refractivity contribution in [2.75, 3.05) is 0 Å². The molecule has 3 N–H and O–H groups in total. The van der Waals surface area contributed by atoms with E-state index in [0.29, 0.717) is 11.3 Å². The molecule has 0 spiro atoms. The second-order valence-electron chi connectivity index (χ2n) is 8.09. The van der Waals surface area contributed by atoms with Crippen LogP contribution in [-0.2, 0) is 5.41 Å². The minimum atomic E-state index is 0.197. The van der Waals surface area contributed by atoms with E-state index in [-0.39, 0.29) is 11.5 Å². The summed E-state index contributed by atoms with van der Waals surface area (Å²) in [6, 6.07) is 9.09. The molecule has 0 saturated heterocycles. The van der Waals surface area contributed by atoms with Gasteiger partial charge in [-0.05, 0) is 34.3 Å². The summed E-state index contributed by atoms with van der Waals surface area (Å²) in [6.07, 6.45) is 1.05. The Morgan fingerprint density at radius 1 is 1.00 bits per heavy atom. The maximum Gasteiger partial charge on any atom is 0.0462 e. The Morgan fingerprint density at radius 2 is 1.50 bits per heavy atom. The Hall–Kier alpha value is -0.860. The Balaban J connectivity index is 2.86. The first-order chi connectivity index (χ1) is 9.05. The molecule has 0 aliphatic rings. The third-order valence-corrected chi connectivity index (χ3v) is 4.45. The zero-order valence-corrected chi connectivity index (χ0v) is 14.2. The first-order valence-electron chi connectivity index (χ1n) is 7.62. The summed E-state index contributed by atoms with van der Waals surface area (Å²) >= 11 is 0. The van der Waals surface area contributed by atoms with E-state index >= 15 is 0 Å². The predicted octanol–water partition coefficient (Wildman–Crippen LogP) is 4.56. The fourth-order valence-electron chi connectivity index (χ4n) is 2.22. The summed E-state index contributed by atoms with van der Waals surface area (Å²) in [5.74, 6) is 6.37. The smallest absolute Gasteiger partial charge is 0.0462 e. The SMILES string of the molecule is CC(CC(NN)c1ccc(C(C)(C)C)cc1)C(C)(C)C. The first-order valence-corrected chi connectivity index (χ1v) is 7.62. The molecule has 114 valence electrons. The van der Waals surface area contributed by atoms with Crippen LogP contribution in [0.4, 0.5) is 0 Å². The molecule has 2 heteroatoms. The second kappa shape index (κ2) is 6.28. The van der Waals surface area contributed by atoms with Crippen LogP contribution in [0.5, 0.6) is 0 Å². The van der Waals surface area contributed by atoms with E-state index in [0.717, 1.165) is 6.42 Å². The zero-order chi connectivity index (χ0) is 15.6. The van der Waals surface area contributed by atoms with Crippen LogP contribution >= 0.6 is 0 Å². The van der Waals surface area contributed by atoms with Crippen molar-refractivity contribution >= 4 is 0 Å². The summed E-state index contributed by atoms with van der Waals surface area (Å²) in [5, 5.41) is 0. The number of nitrogens with two attached hydrogens (primary N) is 1. The lowest BCUT2D eigenvalue weighted by Crippen LogP contribution is -2.32. The number of hydrogen-bond acceptors (Lipinski definition) is 2. The summed E-state index contributed by atoms with van der Waals surface area (Å²) in [5.41, 5.74) is 6.12. The van der Waals surface area contributed by atoms with Crippen LogP contribution in [-0.4, -0.2) is 0 Å². The lowest BCUT2D eigenvalue weighted by Gasteiger charge is -2.31. The summed E-state index contributed by atoms with van der Waals surface area (Å²) in [7, 11) is 0. The Morgan fingerprint density at radius 3 is 1.85 bits per heavy atom. The molecule has 0 fully saturated rings. The van der Waals surface area contributed by atoms with Crippen LogP contribution in [0.2, 0.25) is 0 Å². The molecule has 1 aromatic carbocycles. The molecule has 0 amide bonds. The van der Waals surface area contributed by atoms with Crippen molar-refractivity contribution in [1.82, 2.24) is 5.43 Å². The van der Waals surface area contributed by atoms with Crippen molar-refractivity contribution in [2.24, 2.45) is 17.2 Å². The number of benzene rings is 1. The first kappa shape index (κ1) is 17.2. The number of hydrogen-bond donors (Lipinski definition) is 2. The number of rotatable bonds is 4. The van der Waals surface area contributed by atoms with Gasteiger partial charge in [-0.2, -0.15) is 0 Å². The third kappa shape index (κ3) is 4.60. The van der Waals surface area contributed by atoms with E-state index in [4.69, 9.17) is 5.84 Å². The summed E-state index contributed by atoms with van der Waals surface area (Å²) in [6.45, 7) is 15.9. The number of nitrogens with one attached hydrogen (secondary N) is 1. The van der Waals surface area contributed by atoms with Gasteiger partial charge in [0.15, 0.2) is 0 Å². The van der Waals surface area contributed by atoms with Crippen molar-refractivity contribution in [3.8, 4) is 0 Å². The molecule has 0 bridgehead atoms. The fraction of sp³-hybridized carbons (Fsp3) is 0.667. The van der Waals surface area contributed by atoms with Gasteiger partial charge in [0, 0.05) is 6.04 Å². The van der Waals surface area contributed by atoms with Crippen LogP contribution in [0.25, 0.3) is 0 Å². The van der Waals surface area contributed by atoms with Gasteiger partial charge in [-0.25, -0.2) is 0 Å². The molecule has 20 heavy (non-hydrogen) atoms. The Labute approximate surface area is 125 Å². The predicted molar refractivity (Wildman–Crippen MR) is 88.4 cm³/mol. The van der Waals surface area contributed by atoms with Crippen molar-refractivity contribution in [1.29, 1.82) is 0 Å². The molecule has 0 radical (unpaired) electrons. The number of hydrazine groups is 1. The molecular weight excluding hydrogens is 244 g/mol. The normalized spacial score (nSPS) is 16.0. The van der Waals surface area contributed by atoms with E-state index < -0.39 is 0 Å². The maximum absolute atomic E-state index is 5.77. The van der Waals surface area contributed by atoms with Crippen LogP contribution < -0.4 is 11.3 Å². The van der Waals surface area contributed by atoms with Crippen LogP contribution in [0.15, 0.2) is 24.3 Å². The van der Waals surface area contributed by atoms with E-state index in [2.05, 4.69) is 78.2 Å². The molecule has 0 heterocycles. The van der Waals surface area contributed by atoms with E-state index in [9.17, 15) is 0 Å². The quantitative estimate of drug-likeness (QED) is 0.625. The maximum atomic E-state index is 5.77. The highest BCUT2D eigenvalue weighted by molar-refractivity contribution is 5.29. The van der Waals surface area contributed by atoms with Gasteiger partial charge in [-0.1, -0.05) is 72.7 Å². The lowest BCUT2D eigenvalue weighted by atomic mass is 9.77. The van der Waals surface area contributed by atoms with Gasteiger partial charge in [-0.15, -0.1) is 0 Å². The minimum absolute atomic E-state index is 0.197. The molecule has 0 saturated carbocycles. The average molecular weight is 276 g/mol. The van der Waals surface area contributed by atoms with Crippen molar-refractivity contribution in [2.45, 2.75) is 66.3 Å². The van der Waals surface area contributed by atoms with Gasteiger partial charge in [-0.3, -0.25) is 11.3 Å². The minimum Gasteiger partial charge on any atom is -0.271 e. The molecule has 2 nitrogen and oxygen atoms in total. The molecule has 1 rings (SSSR count). The van der Waals surface area contributed by atoms with Gasteiger partial charge in [0.1, 0.15) is 0 Å². The van der Waals surface area contributed by atoms with Crippen LogP contribution in [0, 0.1) is 11.3 Å². The summed E-state index contributed by atoms with van der Waals surface area (Å²) in [4.78, 5) is 0. The highest BCUT2D eigenvalue weighted by atomic mass is 15.2. The van der Waals surface area contributed by atoms with E-state index in [1.807, 2.05) is 0 Å². The second-order valence-corrected chi connectivity index (χ2v) is 8.09. The van der Waals surface area contributed by atoms with Crippen molar-refractivity contribution in [3.63, 3.8) is 0 Å². The van der Waals surface area contributed by atoms with E-state index in [1.165, 1.54) is 11.1 Å². The monoisotopic (exact) mass is 276 g/mol. The Bertz CT molecular complexity index is 407. The lowest BCUT2D eigenvalue weighted by molar-refractivity contribution is 0.223. The van der Waals surface area contributed by atoms with Crippen LogP contribution in [0.3, 0.4) is 0 Å². The van der Waals surface area contributed by atoms with E-state index in [1.54, 1.807) is 0 Å². The molecule has 2 atom stereocenters. The Kier molecular flexibility index (Phi) is 5.39. The highest BCUT2D eigenvalue weighted by Gasteiger charge is 2.24. The standard InChI is InChI=1S/C18H32N2/c1-13(17(2,3)4)12-16(20-19)14-8-10-15(11-9-14)18(5,6)7/h8-11,13,16,20H,12,19H2,1-7H3. The molecule has 0 aliphatic heterocycles. The molecule has 2 unspecified atom stereocenters. The topological polar surface area (TPSA) is 38.0 Å². The van der Waals surface area contributed by atoms with Crippen molar-refractivity contribution < 1.29 is 0 Å². The average Bonchev–Trinajstić information content (AvgIpc) is 2.33. The highest BCUT2D eigenvalue weighted by Crippen LogP contribution is 2.33. The van der Waals surface area contributed by atoms with Gasteiger partial charge in [0.2, 0.25) is 0 Å². The van der Waals surface area contributed by atoms with Gasteiger partial charge < -0.3 is 0 Å². The van der Waals surface area contributed by atoms with Gasteiger partial charge in [0.25, 0.3) is 0 Å². The largest absolute Gasteiger partial charge is 0.271 e. The molecule has 0 aromatic heterocycles. The zero-order valence-electron chi connectivity index (χ0n) is 14.2. The molecular formula is C18H32N2. The molecule has 1 aromatic rings. The van der Waals surface area contributed by atoms with Crippen molar-refractivity contribution in [3.05, 3.63) is 35.4 Å². The third-order valence-electron chi connectivity index (χ3n) is 4.45. The summed E-state index contributed by atoms with van der Waals surface area (Å²) < 4.78 is 0. The fourth-order valence-corrected chi connectivity index (χ4v) is 2.22.